The number of aromatic nitrogens is 3. The fourth-order valence-corrected chi connectivity index (χ4v) is 5.18. The molecule has 0 atom stereocenters. The van der Waals surface area contributed by atoms with Gasteiger partial charge in [0.25, 0.3) is 0 Å². The first kappa shape index (κ1) is 18.9. The molecule has 4 rings (SSSR count). The van der Waals surface area contributed by atoms with Crippen LogP contribution in [0.1, 0.15) is 55.1 Å². The van der Waals surface area contributed by atoms with Crippen molar-refractivity contribution >= 4 is 33.5 Å². The van der Waals surface area contributed by atoms with Crippen LogP contribution in [-0.4, -0.2) is 21.0 Å². The van der Waals surface area contributed by atoms with Crippen LogP contribution < -0.4 is 10.6 Å². The maximum atomic E-state index is 12.3. The number of hydrogen-bond donors (Lipinski definition) is 3. The third-order valence-electron chi connectivity index (χ3n) is 6.03. The second kappa shape index (κ2) is 7.54. The van der Waals surface area contributed by atoms with Gasteiger partial charge in [-0.15, -0.1) is 11.3 Å². The van der Waals surface area contributed by atoms with E-state index in [-0.39, 0.29) is 6.03 Å². The number of rotatable bonds is 5. The van der Waals surface area contributed by atoms with E-state index in [0.29, 0.717) is 17.1 Å². The minimum absolute atomic E-state index is 0.250. The Balaban J connectivity index is 1.37. The maximum absolute atomic E-state index is 12.3. The van der Waals surface area contributed by atoms with E-state index in [4.69, 9.17) is 0 Å². The molecular weight excluding hydrogens is 370 g/mol. The zero-order valence-corrected chi connectivity index (χ0v) is 17.5. The van der Waals surface area contributed by atoms with Crippen molar-refractivity contribution in [3.8, 4) is 0 Å². The molecule has 3 aromatic rings. The summed E-state index contributed by atoms with van der Waals surface area (Å²) in [5.74, 6) is 0.741. The number of carbonyl (C=O) groups excluding carboxylic acids is 1. The van der Waals surface area contributed by atoms with Crippen LogP contribution >= 0.6 is 11.3 Å². The van der Waals surface area contributed by atoms with Crippen LogP contribution in [-0.2, 0) is 19.4 Å². The van der Waals surface area contributed by atoms with E-state index in [1.165, 1.54) is 29.7 Å². The van der Waals surface area contributed by atoms with Gasteiger partial charge in [-0.05, 0) is 49.3 Å². The third-order valence-corrected chi connectivity index (χ3v) is 7.04. The van der Waals surface area contributed by atoms with Gasteiger partial charge in [0.2, 0.25) is 0 Å². The summed E-state index contributed by atoms with van der Waals surface area (Å²) in [5.41, 5.74) is 4.63. The Kier molecular flexibility index (Phi) is 5.10. The molecule has 1 aliphatic carbocycles. The van der Waals surface area contributed by atoms with Gasteiger partial charge in [0.1, 0.15) is 5.82 Å². The molecule has 6 nitrogen and oxygen atoms in total. The smallest absolute Gasteiger partial charge is 0.321 e. The van der Waals surface area contributed by atoms with Crippen LogP contribution in [0.3, 0.4) is 0 Å². The SMILES string of the molecule is CCC1(CC)CCc2nc(NC(=O)NCc3nc4ccc(C)cc4[nH]3)sc2C1. The molecule has 0 spiro atoms. The molecule has 3 N–H and O–H groups in total. The highest BCUT2D eigenvalue weighted by Gasteiger charge is 2.33. The van der Waals surface area contributed by atoms with Gasteiger partial charge in [0.05, 0.1) is 23.3 Å². The van der Waals surface area contributed by atoms with Crippen LogP contribution in [0.15, 0.2) is 18.2 Å². The highest BCUT2D eigenvalue weighted by molar-refractivity contribution is 7.15. The molecule has 148 valence electrons. The van der Waals surface area contributed by atoms with E-state index >= 15 is 0 Å². The van der Waals surface area contributed by atoms with E-state index in [1.807, 2.05) is 19.1 Å². The summed E-state index contributed by atoms with van der Waals surface area (Å²) in [6.45, 7) is 6.95. The molecule has 0 radical (unpaired) electrons. The Hall–Kier alpha value is -2.41. The number of carbonyl (C=O) groups is 1. The number of benzene rings is 1. The van der Waals surface area contributed by atoms with Crippen LogP contribution in [0.4, 0.5) is 9.93 Å². The van der Waals surface area contributed by atoms with E-state index < -0.39 is 0 Å². The number of nitrogens with one attached hydrogen (secondary N) is 3. The first-order chi connectivity index (χ1) is 13.5. The lowest BCUT2D eigenvalue weighted by Crippen LogP contribution is -2.28. The molecular formula is C21H27N5OS. The quantitative estimate of drug-likeness (QED) is 0.570. The number of H-pyrrole nitrogens is 1. The predicted molar refractivity (Wildman–Crippen MR) is 114 cm³/mol. The molecule has 28 heavy (non-hydrogen) atoms. The molecule has 1 aliphatic rings. The summed E-state index contributed by atoms with van der Waals surface area (Å²) in [7, 11) is 0. The van der Waals surface area contributed by atoms with Gasteiger partial charge < -0.3 is 10.3 Å². The highest BCUT2D eigenvalue weighted by Crippen LogP contribution is 2.43. The minimum Gasteiger partial charge on any atom is -0.340 e. The van der Waals surface area contributed by atoms with E-state index in [0.717, 1.165) is 35.4 Å². The number of fused-ring (bicyclic) bond motifs is 2. The van der Waals surface area contributed by atoms with Crippen molar-refractivity contribution in [2.75, 3.05) is 5.32 Å². The van der Waals surface area contributed by atoms with Crippen LogP contribution in [0.5, 0.6) is 0 Å². The second-order valence-corrected chi connectivity index (χ2v) is 8.87. The molecule has 2 aromatic heterocycles. The van der Waals surface area contributed by atoms with Crippen molar-refractivity contribution in [1.29, 1.82) is 0 Å². The van der Waals surface area contributed by atoms with Gasteiger partial charge >= 0.3 is 6.03 Å². The lowest BCUT2D eigenvalue weighted by atomic mass is 9.71. The van der Waals surface area contributed by atoms with Crippen molar-refractivity contribution in [3.63, 3.8) is 0 Å². The van der Waals surface area contributed by atoms with Crippen molar-refractivity contribution in [2.24, 2.45) is 5.41 Å². The van der Waals surface area contributed by atoms with Gasteiger partial charge in [-0.1, -0.05) is 32.8 Å². The number of hydrogen-bond acceptors (Lipinski definition) is 4. The number of amides is 2. The Bertz CT molecular complexity index is 1000. The van der Waals surface area contributed by atoms with E-state index in [1.54, 1.807) is 11.3 Å². The fraction of sp³-hybridized carbons (Fsp3) is 0.476. The van der Waals surface area contributed by atoms with E-state index in [2.05, 4.69) is 45.5 Å². The second-order valence-electron chi connectivity index (χ2n) is 7.78. The zero-order valence-electron chi connectivity index (χ0n) is 16.7. The van der Waals surface area contributed by atoms with Gasteiger partial charge in [-0.2, -0.15) is 0 Å². The summed E-state index contributed by atoms with van der Waals surface area (Å²) < 4.78 is 0. The number of nitrogens with zero attached hydrogens (tertiary/aromatic N) is 2. The molecule has 7 heteroatoms. The largest absolute Gasteiger partial charge is 0.340 e. The van der Waals surface area contributed by atoms with Crippen molar-refractivity contribution < 1.29 is 4.79 Å². The summed E-state index contributed by atoms with van der Waals surface area (Å²) in [4.78, 5) is 26.0. The summed E-state index contributed by atoms with van der Waals surface area (Å²) >= 11 is 1.62. The van der Waals surface area contributed by atoms with Gasteiger partial charge in [-0.25, -0.2) is 14.8 Å². The molecule has 0 saturated carbocycles. The molecule has 2 amide bonds. The molecule has 0 fully saturated rings. The summed E-state index contributed by atoms with van der Waals surface area (Å²) in [5, 5.41) is 6.44. The van der Waals surface area contributed by atoms with Crippen molar-refractivity contribution in [2.45, 2.75) is 59.4 Å². The van der Waals surface area contributed by atoms with Crippen LogP contribution in [0, 0.1) is 12.3 Å². The standard InChI is InChI=1S/C21H27N5OS/c1-4-21(5-2)9-8-15-17(11-21)28-20(25-15)26-19(27)22-12-18-23-14-7-6-13(3)10-16(14)24-18/h6-7,10H,4-5,8-9,11-12H2,1-3H3,(H,23,24)(H2,22,25,26,27). The summed E-state index contributed by atoms with van der Waals surface area (Å²) in [6, 6.07) is 5.82. The first-order valence-electron chi connectivity index (χ1n) is 9.99. The zero-order chi connectivity index (χ0) is 19.7. The Labute approximate surface area is 169 Å². The molecule has 0 bridgehead atoms. The Morgan fingerprint density at radius 3 is 2.89 bits per heavy atom. The molecule has 1 aromatic carbocycles. The maximum Gasteiger partial charge on any atom is 0.321 e. The van der Waals surface area contributed by atoms with Crippen molar-refractivity contribution in [3.05, 3.63) is 40.2 Å². The number of aromatic amines is 1. The van der Waals surface area contributed by atoms with Gasteiger partial charge in [-0.3, -0.25) is 5.32 Å². The third kappa shape index (κ3) is 3.76. The van der Waals surface area contributed by atoms with Gasteiger partial charge in [0.15, 0.2) is 5.13 Å². The predicted octanol–water partition coefficient (Wildman–Crippen LogP) is 4.94. The van der Waals surface area contributed by atoms with E-state index in [9.17, 15) is 4.79 Å². The minimum atomic E-state index is -0.250. The lowest BCUT2D eigenvalue weighted by molar-refractivity contribution is 0.225. The number of aryl methyl sites for hydroxylation is 2. The van der Waals surface area contributed by atoms with Crippen molar-refractivity contribution in [1.82, 2.24) is 20.3 Å². The number of imidazole rings is 1. The molecule has 2 heterocycles. The molecule has 0 unspecified atom stereocenters. The number of urea groups is 1. The van der Waals surface area contributed by atoms with Gasteiger partial charge in [0, 0.05) is 4.88 Å². The highest BCUT2D eigenvalue weighted by atomic mass is 32.1. The first-order valence-corrected chi connectivity index (χ1v) is 10.8. The summed E-state index contributed by atoms with van der Waals surface area (Å²) in [6.07, 6.45) is 5.67. The average Bonchev–Trinajstić information content (AvgIpc) is 3.27. The fourth-order valence-electron chi connectivity index (χ4n) is 4.00. The van der Waals surface area contributed by atoms with Crippen LogP contribution in [0.25, 0.3) is 11.0 Å². The van der Waals surface area contributed by atoms with Crippen LogP contribution in [0.2, 0.25) is 0 Å². The average molecular weight is 398 g/mol. The normalized spacial score (nSPS) is 15.4. The Morgan fingerprint density at radius 1 is 1.29 bits per heavy atom. The topological polar surface area (TPSA) is 82.7 Å². The molecule has 0 saturated heterocycles. The number of thiazole rings is 1. The Morgan fingerprint density at radius 2 is 2.11 bits per heavy atom. The molecule has 0 aliphatic heterocycles. The monoisotopic (exact) mass is 397 g/mol. The number of anilines is 1. The lowest BCUT2D eigenvalue weighted by Gasteiger charge is -2.34.